The maximum Gasteiger partial charge on any atom is 0.145 e. The molecule has 3 heteroatoms. The molecule has 0 aromatic carbocycles. The second-order valence-corrected chi connectivity index (χ2v) is 1.83. The summed E-state index contributed by atoms with van der Waals surface area (Å²) in [4.78, 5) is 0. The molecule has 0 aliphatic rings. The lowest BCUT2D eigenvalue weighted by Crippen LogP contribution is -2.33. The summed E-state index contributed by atoms with van der Waals surface area (Å²) in [6.07, 6.45) is 0. The Morgan fingerprint density at radius 3 is 2.17 bits per heavy atom. The number of hydrogen-bond acceptors (Lipinski definition) is 2. The molecule has 2 N–H and O–H groups in total. The van der Waals surface area contributed by atoms with Crippen molar-refractivity contribution in [1.82, 2.24) is 0 Å². The SMILES string of the molecule is BC(C)(N)C#N. The zero-order valence-electron chi connectivity index (χ0n) is 4.02. The van der Waals surface area contributed by atoms with Crippen LogP contribution in [-0.2, 0) is 0 Å². The maximum atomic E-state index is 8.03. The third-order valence-corrected chi connectivity index (χ3v) is 0.288. The third-order valence-electron chi connectivity index (χ3n) is 0.288. The van der Waals surface area contributed by atoms with Crippen molar-refractivity contribution in [3.05, 3.63) is 0 Å². The zero-order chi connectivity index (χ0) is 5.21. The van der Waals surface area contributed by atoms with Gasteiger partial charge in [0, 0.05) is 0 Å². The Bertz CT molecular complexity index is 75.8. The van der Waals surface area contributed by atoms with Crippen molar-refractivity contribution in [2.24, 2.45) is 5.73 Å². The summed E-state index contributed by atoms with van der Waals surface area (Å²) in [5, 5.41) is 8.03. The molecule has 0 saturated heterocycles. The number of nitriles is 1. The topological polar surface area (TPSA) is 49.8 Å². The fourth-order valence-electron chi connectivity index (χ4n) is 0. The van der Waals surface area contributed by atoms with Crippen LogP contribution in [0.2, 0.25) is 0 Å². The first kappa shape index (κ1) is 5.51. The van der Waals surface area contributed by atoms with Crippen molar-refractivity contribution in [2.75, 3.05) is 0 Å². The van der Waals surface area contributed by atoms with Crippen molar-refractivity contribution >= 4 is 7.85 Å². The molecule has 0 heterocycles. The minimum absolute atomic E-state index is 0.653. The van der Waals surface area contributed by atoms with Crippen LogP contribution < -0.4 is 5.73 Å². The second kappa shape index (κ2) is 1.31. The highest BCUT2D eigenvalue weighted by Gasteiger charge is 2.05. The molecule has 0 radical (unpaired) electrons. The summed E-state index contributed by atoms with van der Waals surface area (Å²) in [7, 11) is 1.66. The number of nitrogens with two attached hydrogens (primary N) is 1. The van der Waals surface area contributed by atoms with E-state index in [0.29, 0.717) is 0 Å². The molecule has 1 unspecified atom stereocenters. The molecule has 2 nitrogen and oxygen atoms in total. The lowest BCUT2D eigenvalue weighted by molar-refractivity contribution is 0.845. The van der Waals surface area contributed by atoms with E-state index in [1.165, 1.54) is 0 Å². The van der Waals surface area contributed by atoms with Gasteiger partial charge in [0.2, 0.25) is 0 Å². The first-order valence-corrected chi connectivity index (χ1v) is 1.76. The van der Waals surface area contributed by atoms with Gasteiger partial charge in [-0.1, -0.05) is 0 Å². The van der Waals surface area contributed by atoms with Crippen LogP contribution >= 0.6 is 0 Å². The van der Waals surface area contributed by atoms with Gasteiger partial charge in [0.25, 0.3) is 0 Å². The van der Waals surface area contributed by atoms with Crippen LogP contribution in [0.15, 0.2) is 0 Å². The predicted octanol–water partition coefficient (Wildman–Crippen LogP) is -1.18. The minimum atomic E-state index is -0.653. The molecule has 0 rings (SSSR count). The fourth-order valence-corrected chi connectivity index (χ4v) is 0. The molecule has 0 bridgehead atoms. The largest absolute Gasteiger partial charge is 0.321 e. The Morgan fingerprint density at radius 1 is 2.00 bits per heavy atom. The van der Waals surface area contributed by atoms with Gasteiger partial charge in [-0.2, -0.15) is 5.26 Å². The Labute approximate surface area is 38.4 Å². The van der Waals surface area contributed by atoms with Gasteiger partial charge in [0.15, 0.2) is 0 Å². The lowest BCUT2D eigenvalue weighted by Gasteiger charge is -2.02. The Morgan fingerprint density at radius 2 is 2.17 bits per heavy atom. The highest BCUT2D eigenvalue weighted by atomic mass is 14.7. The Kier molecular flexibility index (Phi) is 1.21. The van der Waals surface area contributed by atoms with E-state index in [9.17, 15) is 0 Å². The first-order valence-electron chi connectivity index (χ1n) is 1.76. The first-order chi connectivity index (χ1) is 2.56. The molecule has 0 aliphatic heterocycles. The van der Waals surface area contributed by atoms with E-state index >= 15 is 0 Å². The third kappa shape index (κ3) is 3.51. The summed E-state index contributed by atoms with van der Waals surface area (Å²) in [5.74, 6) is 0. The van der Waals surface area contributed by atoms with E-state index in [1.807, 2.05) is 6.07 Å². The highest BCUT2D eigenvalue weighted by Crippen LogP contribution is 1.82. The average molecular weight is 81.9 g/mol. The molecule has 6 heavy (non-hydrogen) atoms. The van der Waals surface area contributed by atoms with Gasteiger partial charge in [0.1, 0.15) is 7.85 Å². The smallest absolute Gasteiger partial charge is 0.145 e. The van der Waals surface area contributed by atoms with Gasteiger partial charge in [-0.05, 0) is 6.92 Å². The number of hydrogen-bond donors (Lipinski definition) is 1. The van der Waals surface area contributed by atoms with Crippen LogP contribution in [0.1, 0.15) is 6.92 Å². The molecule has 0 fully saturated rings. The van der Waals surface area contributed by atoms with Crippen molar-refractivity contribution in [1.29, 1.82) is 5.26 Å². The van der Waals surface area contributed by atoms with Gasteiger partial charge in [0.05, 0.1) is 11.5 Å². The Hall–Kier alpha value is -0.485. The van der Waals surface area contributed by atoms with E-state index in [4.69, 9.17) is 11.0 Å². The fraction of sp³-hybridized carbons (Fsp3) is 0.667. The van der Waals surface area contributed by atoms with Gasteiger partial charge in [-0.3, -0.25) is 0 Å². The molecule has 0 aromatic rings. The van der Waals surface area contributed by atoms with Crippen LogP contribution in [-0.4, -0.2) is 13.3 Å². The Balaban J connectivity index is 3.55. The van der Waals surface area contributed by atoms with Crippen molar-refractivity contribution < 1.29 is 0 Å². The summed E-state index contributed by atoms with van der Waals surface area (Å²) in [6, 6.07) is 1.88. The maximum absolute atomic E-state index is 8.03. The quantitative estimate of drug-likeness (QED) is 0.374. The monoisotopic (exact) mass is 82.1 g/mol. The van der Waals surface area contributed by atoms with Crippen molar-refractivity contribution in [3.63, 3.8) is 0 Å². The summed E-state index contributed by atoms with van der Waals surface area (Å²) < 4.78 is 0. The van der Waals surface area contributed by atoms with Crippen LogP contribution in [0.3, 0.4) is 0 Å². The van der Waals surface area contributed by atoms with Gasteiger partial charge >= 0.3 is 0 Å². The molecule has 0 aromatic heterocycles. The molecule has 1 atom stereocenters. The summed E-state index contributed by atoms with van der Waals surface area (Å²) >= 11 is 0. The van der Waals surface area contributed by atoms with E-state index in [2.05, 4.69) is 0 Å². The van der Waals surface area contributed by atoms with Crippen LogP contribution in [0, 0.1) is 11.3 Å². The zero-order valence-corrected chi connectivity index (χ0v) is 4.02. The van der Waals surface area contributed by atoms with E-state index in [0.717, 1.165) is 0 Å². The normalized spacial score (nSPS) is 18.2. The van der Waals surface area contributed by atoms with E-state index in [1.54, 1.807) is 14.8 Å². The van der Waals surface area contributed by atoms with Crippen molar-refractivity contribution in [3.8, 4) is 6.07 Å². The van der Waals surface area contributed by atoms with Gasteiger partial charge in [-0.25, -0.2) is 0 Å². The second-order valence-electron chi connectivity index (χ2n) is 1.83. The average Bonchev–Trinajstić information content (AvgIpc) is 1.35. The van der Waals surface area contributed by atoms with Gasteiger partial charge < -0.3 is 5.73 Å². The number of nitrogens with zero attached hydrogens (tertiary/aromatic N) is 1. The van der Waals surface area contributed by atoms with Crippen LogP contribution in [0.5, 0.6) is 0 Å². The molecular formula is C3H7BN2. The molecule has 0 amide bonds. The summed E-state index contributed by atoms with van der Waals surface area (Å²) in [5.41, 5.74) is 4.52. The van der Waals surface area contributed by atoms with Gasteiger partial charge in [-0.15, -0.1) is 0 Å². The number of rotatable bonds is 0. The molecule has 0 aliphatic carbocycles. The molecule has 0 saturated carbocycles. The highest BCUT2D eigenvalue weighted by molar-refractivity contribution is 6.16. The molecular weight excluding hydrogens is 74.9 g/mol. The minimum Gasteiger partial charge on any atom is -0.321 e. The van der Waals surface area contributed by atoms with Crippen molar-refractivity contribution in [2.45, 2.75) is 12.4 Å². The summed E-state index contributed by atoms with van der Waals surface area (Å²) in [6.45, 7) is 1.66. The van der Waals surface area contributed by atoms with E-state index in [-0.39, 0.29) is 0 Å². The standard InChI is InChI=1S/C3H7BN2/c1-3(4,6)2-5/h4,6H2,1H3. The van der Waals surface area contributed by atoms with Crippen LogP contribution in [0.4, 0.5) is 0 Å². The lowest BCUT2D eigenvalue weighted by atomic mass is 9.83. The van der Waals surface area contributed by atoms with Crippen LogP contribution in [0.25, 0.3) is 0 Å². The predicted molar refractivity (Wildman–Crippen MR) is 26.7 cm³/mol. The molecule has 32 valence electrons. The molecule has 0 spiro atoms. The van der Waals surface area contributed by atoms with E-state index < -0.39 is 5.44 Å².